The number of hydrogen-bond donors (Lipinski definition) is 0. The Kier molecular flexibility index (Phi) is 7.42. The van der Waals surface area contributed by atoms with Crippen molar-refractivity contribution in [2.24, 2.45) is 0 Å². The average molecular weight is 459 g/mol. The van der Waals surface area contributed by atoms with E-state index >= 15 is 0 Å². The Morgan fingerprint density at radius 3 is 2.41 bits per heavy atom. The maximum absolute atomic E-state index is 14.4. The van der Waals surface area contributed by atoms with Crippen molar-refractivity contribution in [2.75, 3.05) is 20.1 Å². The first-order chi connectivity index (χ1) is 15.3. The highest BCUT2D eigenvalue weighted by Crippen LogP contribution is 2.21. The Bertz CT molecular complexity index is 1170. The van der Waals surface area contributed by atoms with Gasteiger partial charge in [0.2, 0.25) is 10.0 Å². The highest BCUT2D eigenvalue weighted by Gasteiger charge is 2.25. The third kappa shape index (κ3) is 5.23. The van der Waals surface area contributed by atoms with Gasteiger partial charge < -0.3 is 4.90 Å². The van der Waals surface area contributed by atoms with Crippen molar-refractivity contribution in [1.29, 1.82) is 0 Å². The molecule has 0 bridgehead atoms. The van der Waals surface area contributed by atoms with Gasteiger partial charge in [-0.2, -0.15) is 9.40 Å². The molecule has 0 saturated heterocycles. The zero-order valence-electron chi connectivity index (χ0n) is 18.4. The fourth-order valence-corrected chi connectivity index (χ4v) is 4.92. The minimum atomic E-state index is -3.80. The molecule has 0 fully saturated rings. The van der Waals surface area contributed by atoms with Crippen molar-refractivity contribution < 1.29 is 17.6 Å². The number of nitrogens with zero attached hydrogens (tertiary/aromatic N) is 4. The van der Waals surface area contributed by atoms with Crippen molar-refractivity contribution in [3.05, 3.63) is 83.4 Å². The van der Waals surface area contributed by atoms with Gasteiger partial charge in [0.15, 0.2) is 0 Å². The number of aromatic nitrogens is 2. The molecular weight excluding hydrogens is 431 g/mol. The van der Waals surface area contributed by atoms with E-state index in [-0.39, 0.29) is 30.1 Å². The van der Waals surface area contributed by atoms with Gasteiger partial charge >= 0.3 is 0 Å². The van der Waals surface area contributed by atoms with Crippen molar-refractivity contribution in [2.45, 2.75) is 31.8 Å². The summed E-state index contributed by atoms with van der Waals surface area (Å²) in [6, 6.07) is 13.2. The molecular formula is C23H27FN4O3S. The Hall–Kier alpha value is -3.04. The van der Waals surface area contributed by atoms with Crippen molar-refractivity contribution in [3.8, 4) is 0 Å². The standard InChI is InChI=1S/C23H27FN4O3S/c1-4-28(5-2)32(30,31)20-11-12-22(24)21(13-20)23(29)26(3)15-19-14-25-27(17-19)16-18-9-7-6-8-10-18/h6-14,17H,4-5,15-16H2,1-3H3. The smallest absolute Gasteiger partial charge is 0.256 e. The molecule has 0 atom stereocenters. The third-order valence-electron chi connectivity index (χ3n) is 5.15. The summed E-state index contributed by atoms with van der Waals surface area (Å²) in [5, 5.41) is 4.32. The number of halogens is 1. The van der Waals surface area contributed by atoms with Crippen molar-refractivity contribution in [3.63, 3.8) is 0 Å². The molecule has 170 valence electrons. The molecule has 3 aromatic rings. The second-order valence-electron chi connectivity index (χ2n) is 7.42. The van der Waals surface area contributed by atoms with Crippen LogP contribution in [0.4, 0.5) is 4.39 Å². The van der Waals surface area contributed by atoms with Crippen LogP contribution >= 0.6 is 0 Å². The van der Waals surface area contributed by atoms with E-state index in [1.54, 1.807) is 31.8 Å². The fraction of sp³-hybridized carbons (Fsp3) is 0.304. The molecule has 0 aliphatic carbocycles. The molecule has 1 heterocycles. The van der Waals surface area contributed by atoms with E-state index < -0.39 is 21.7 Å². The summed E-state index contributed by atoms with van der Waals surface area (Å²) >= 11 is 0. The lowest BCUT2D eigenvalue weighted by atomic mass is 10.2. The summed E-state index contributed by atoms with van der Waals surface area (Å²) in [5.74, 6) is -1.37. The lowest BCUT2D eigenvalue weighted by Crippen LogP contribution is -2.31. The average Bonchev–Trinajstić information content (AvgIpc) is 3.21. The van der Waals surface area contributed by atoms with Crippen LogP contribution in [0.2, 0.25) is 0 Å². The topological polar surface area (TPSA) is 75.5 Å². The van der Waals surface area contributed by atoms with Gasteiger partial charge in [0.05, 0.1) is 23.2 Å². The molecule has 0 aliphatic heterocycles. The maximum atomic E-state index is 14.4. The van der Waals surface area contributed by atoms with Gasteiger partial charge in [0.25, 0.3) is 5.91 Å². The zero-order chi connectivity index (χ0) is 23.3. The first-order valence-corrected chi connectivity index (χ1v) is 11.8. The summed E-state index contributed by atoms with van der Waals surface area (Å²) in [5.41, 5.74) is 1.60. The van der Waals surface area contributed by atoms with E-state index in [1.165, 1.54) is 15.3 Å². The molecule has 3 rings (SSSR count). The minimum Gasteiger partial charge on any atom is -0.337 e. The summed E-state index contributed by atoms with van der Waals surface area (Å²) in [4.78, 5) is 14.1. The zero-order valence-corrected chi connectivity index (χ0v) is 19.2. The number of hydrogen-bond acceptors (Lipinski definition) is 4. The second-order valence-corrected chi connectivity index (χ2v) is 9.36. The number of carbonyl (C=O) groups is 1. The number of rotatable bonds is 9. The molecule has 7 nitrogen and oxygen atoms in total. The Morgan fingerprint density at radius 1 is 1.06 bits per heavy atom. The van der Waals surface area contributed by atoms with Crippen LogP contribution in [0.5, 0.6) is 0 Å². The predicted molar refractivity (Wildman–Crippen MR) is 120 cm³/mol. The van der Waals surface area contributed by atoms with E-state index in [4.69, 9.17) is 0 Å². The summed E-state index contributed by atoms with van der Waals surface area (Å²) < 4.78 is 43.0. The van der Waals surface area contributed by atoms with Crippen LogP contribution in [-0.2, 0) is 23.1 Å². The van der Waals surface area contributed by atoms with Crippen LogP contribution in [0.15, 0.2) is 65.8 Å². The third-order valence-corrected chi connectivity index (χ3v) is 7.20. The van der Waals surface area contributed by atoms with Crippen LogP contribution in [0.25, 0.3) is 0 Å². The molecule has 1 amide bonds. The number of sulfonamides is 1. The second kappa shape index (κ2) is 10.1. The Labute approximate surface area is 188 Å². The largest absolute Gasteiger partial charge is 0.337 e. The molecule has 9 heteroatoms. The van der Waals surface area contributed by atoms with E-state index in [9.17, 15) is 17.6 Å². The number of benzene rings is 2. The molecule has 1 aromatic heterocycles. The van der Waals surface area contributed by atoms with Gasteiger partial charge in [-0.15, -0.1) is 0 Å². The predicted octanol–water partition coefficient (Wildman–Crippen LogP) is 3.37. The molecule has 32 heavy (non-hydrogen) atoms. The highest BCUT2D eigenvalue weighted by atomic mass is 32.2. The molecule has 0 spiro atoms. The van der Waals surface area contributed by atoms with E-state index in [0.717, 1.165) is 23.3 Å². The lowest BCUT2D eigenvalue weighted by Gasteiger charge is -2.20. The first-order valence-electron chi connectivity index (χ1n) is 10.4. The van der Waals surface area contributed by atoms with Gasteiger partial charge in [0.1, 0.15) is 5.82 Å². The number of carbonyl (C=O) groups excluding carboxylic acids is 1. The van der Waals surface area contributed by atoms with Gasteiger partial charge in [-0.3, -0.25) is 9.48 Å². The molecule has 0 N–H and O–H groups in total. The normalized spacial score (nSPS) is 11.7. The van der Waals surface area contributed by atoms with Crippen molar-refractivity contribution >= 4 is 15.9 Å². The fourth-order valence-electron chi connectivity index (χ4n) is 3.44. The molecule has 0 aliphatic rings. The van der Waals surface area contributed by atoms with Gasteiger partial charge in [-0.1, -0.05) is 44.2 Å². The molecule has 0 saturated carbocycles. The maximum Gasteiger partial charge on any atom is 0.256 e. The Balaban J connectivity index is 1.76. The van der Waals surface area contributed by atoms with Crippen LogP contribution in [0.1, 0.15) is 35.3 Å². The number of amides is 1. The van der Waals surface area contributed by atoms with Crippen LogP contribution in [0.3, 0.4) is 0 Å². The van der Waals surface area contributed by atoms with Crippen LogP contribution in [0, 0.1) is 5.82 Å². The van der Waals surface area contributed by atoms with Gasteiger partial charge in [-0.05, 0) is 23.8 Å². The summed E-state index contributed by atoms with van der Waals surface area (Å²) in [6.07, 6.45) is 3.48. The Morgan fingerprint density at radius 2 is 1.75 bits per heavy atom. The summed E-state index contributed by atoms with van der Waals surface area (Å²) in [6.45, 7) is 4.82. The molecule has 0 unspecified atom stereocenters. The van der Waals surface area contributed by atoms with E-state index in [2.05, 4.69) is 5.10 Å². The molecule has 2 aromatic carbocycles. The van der Waals surface area contributed by atoms with Gasteiger partial charge in [-0.25, -0.2) is 12.8 Å². The molecule has 0 radical (unpaired) electrons. The monoisotopic (exact) mass is 458 g/mol. The SMILES string of the molecule is CCN(CC)S(=O)(=O)c1ccc(F)c(C(=O)N(C)Cc2cnn(Cc3ccccc3)c2)c1. The highest BCUT2D eigenvalue weighted by molar-refractivity contribution is 7.89. The summed E-state index contributed by atoms with van der Waals surface area (Å²) in [7, 11) is -2.26. The quantitative estimate of drug-likeness (QED) is 0.493. The van der Waals surface area contributed by atoms with E-state index in [0.29, 0.717) is 6.54 Å². The minimum absolute atomic E-state index is 0.102. The lowest BCUT2D eigenvalue weighted by molar-refractivity contribution is 0.0780. The van der Waals surface area contributed by atoms with Crippen LogP contribution in [-0.4, -0.2) is 53.4 Å². The van der Waals surface area contributed by atoms with Gasteiger partial charge in [0, 0.05) is 38.4 Å². The van der Waals surface area contributed by atoms with E-state index in [1.807, 2.05) is 36.5 Å². The van der Waals surface area contributed by atoms with Crippen LogP contribution < -0.4 is 0 Å². The first kappa shape index (κ1) is 23.6. The van der Waals surface area contributed by atoms with Crippen molar-refractivity contribution in [1.82, 2.24) is 19.0 Å².